The van der Waals surface area contributed by atoms with Gasteiger partial charge in [-0.2, -0.15) is 5.26 Å². The molecule has 0 aromatic heterocycles. The van der Waals surface area contributed by atoms with Gasteiger partial charge in [-0.1, -0.05) is 30.3 Å². The van der Waals surface area contributed by atoms with Crippen molar-refractivity contribution < 1.29 is 9.90 Å². The maximum absolute atomic E-state index is 10.4. The molecule has 1 aromatic rings. The van der Waals surface area contributed by atoms with Crippen molar-refractivity contribution in [1.82, 2.24) is 0 Å². The van der Waals surface area contributed by atoms with Crippen molar-refractivity contribution in [1.29, 1.82) is 5.26 Å². The maximum Gasteiger partial charge on any atom is 0.346 e. The molecule has 0 heterocycles. The summed E-state index contributed by atoms with van der Waals surface area (Å²) in [6.45, 7) is 0. The van der Waals surface area contributed by atoms with Crippen LogP contribution in [0, 0.1) is 11.3 Å². The van der Waals surface area contributed by atoms with Crippen LogP contribution in [0.5, 0.6) is 0 Å². The minimum atomic E-state index is -1.20. The normalized spacial score (nSPS) is 9.79. The Bertz CT molecular complexity index is 379. The van der Waals surface area contributed by atoms with E-state index in [-0.39, 0.29) is 57.0 Å². The van der Waals surface area contributed by atoms with Crippen LogP contribution in [0.3, 0.4) is 0 Å². The topological polar surface area (TPSA) is 61.1 Å². The number of carboxylic acids is 1. The molecule has 1 rings (SSSR count). The molecule has 0 amide bonds. The number of rotatable bonds is 2. The van der Waals surface area contributed by atoms with Gasteiger partial charge in [0.1, 0.15) is 11.6 Å². The van der Waals surface area contributed by atoms with Crippen LogP contribution in [-0.2, 0) is 4.79 Å². The zero-order chi connectivity index (χ0) is 9.68. The van der Waals surface area contributed by atoms with Crippen molar-refractivity contribution in [3.63, 3.8) is 0 Å². The second-order valence-electron chi connectivity index (χ2n) is 2.39. The van der Waals surface area contributed by atoms with Gasteiger partial charge in [0.2, 0.25) is 0 Å². The number of carboxylic acid groups (broad SMARTS) is 1. The van der Waals surface area contributed by atoms with Crippen LogP contribution in [0.4, 0.5) is 0 Å². The van der Waals surface area contributed by atoms with Crippen molar-refractivity contribution in [3.05, 3.63) is 41.5 Å². The van der Waals surface area contributed by atoms with Gasteiger partial charge >= 0.3 is 5.97 Å². The zero-order valence-electron chi connectivity index (χ0n) is 7.77. The third-order valence-corrected chi connectivity index (χ3v) is 1.46. The summed E-state index contributed by atoms with van der Waals surface area (Å²) in [4.78, 5) is 10.4. The molecule has 0 unspecified atom stereocenters. The third-order valence-electron chi connectivity index (χ3n) is 1.46. The summed E-state index contributed by atoms with van der Waals surface area (Å²) < 4.78 is 0. The van der Waals surface area contributed by atoms with Gasteiger partial charge in [0.25, 0.3) is 0 Å². The van der Waals surface area contributed by atoms with Crippen LogP contribution in [0.1, 0.15) is 5.56 Å². The number of nitriles is 1. The Labute approximate surface area is 124 Å². The van der Waals surface area contributed by atoms with E-state index in [1.807, 2.05) is 6.07 Å². The molecule has 1 aromatic carbocycles. The molecule has 0 fully saturated rings. The summed E-state index contributed by atoms with van der Waals surface area (Å²) in [5, 5.41) is 17.0. The fourth-order valence-electron chi connectivity index (χ4n) is 0.858. The number of hydrogen-bond acceptors (Lipinski definition) is 2. The summed E-state index contributed by atoms with van der Waals surface area (Å²) in [6, 6.07) is 10.5. The van der Waals surface area contributed by atoms with E-state index in [9.17, 15) is 4.79 Å². The van der Waals surface area contributed by atoms with Gasteiger partial charge < -0.3 is 5.11 Å². The van der Waals surface area contributed by atoms with Crippen LogP contribution in [0.25, 0.3) is 6.08 Å². The van der Waals surface area contributed by atoms with Gasteiger partial charge in [-0.05, 0) is 11.6 Å². The van der Waals surface area contributed by atoms with Gasteiger partial charge in [0.15, 0.2) is 0 Å². The largest absolute Gasteiger partial charge is 0.477 e. The summed E-state index contributed by atoms with van der Waals surface area (Å²) >= 11 is 0. The Morgan fingerprint density at radius 1 is 1.36 bits per heavy atom. The molecule has 0 aliphatic carbocycles. The molecule has 3 nitrogen and oxygen atoms in total. The van der Waals surface area contributed by atoms with Crippen molar-refractivity contribution in [2.75, 3.05) is 0 Å². The Morgan fingerprint density at radius 3 is 2.36 bits per heavy atom. The van der Waals surface area contributed by atoms with Crippen LogP contribution in [-0.4, -0.2) is 62.5 Å². The van der Waals surface area contributed by atoms with Crippen LogP contribution in [0.15, 0.2) is 35.9 Å². The van der Waals surface area contributed by atoms with Crippen LogP contribution < -0.4 is 0 Å². The molecule has 0 saturated carbocycles. The number of aliphatic carboxylic acids is 1. The van der Waals surface area contributed by atoms with Gasteiger partial charge in [0.05, 0.1) is 0 Å². The average Bonchev–Trinajstić information content (AvgIpc) is 2.15. The molecule has 14 heavy (non-hydrogen) atoms. The summed E-state index contributed by atoms with van der Waals surface area (Å²) in [5.74, 6) is -1.20. The van der Waals surface area contributed by atoms with E-state index in [1.54, 1.807) is 30.3 Å². The van der Waals surface area contributed by atoms with Crippen LogP contribution in [0.2, 0.25) is 0 Å². The van der Waals surface area contributed by atoms with E-state index in [1.165, 1.54) is 6.08 Å². The number of hydrogen-bond donors (Lipinski definition) is 1. The quantitative estimate of drug-likeness (QED) is 0.456. The average molecular weight is 212 g/mol. The molecule has 1 N–H and O–H groups in total. The van der Waals surface area contributed by atoms with E-state index in [2.05, 4.69) is 0 Å². The fourth-order valence-corrected chi connectivity index (χ4v) is 0.858. The first-order valence-corrected chi connectivity index (χ1v) is 3.64. The van der Waals surface area contributed by atoms with Crippen molar-refractivity contribution in [2.45, 2.75) is 0 Å². The Morgan fingerprint density at radius 2 is 1.93 bits per heavy atom. The van der Waals surface area contributed by atoms with Crippen molar-refractivity contribution >= 4 is 63.4 Å². The standard InChI is InChI=1S/C10H7NO2.K/c11-7-9(10(12)13)6-8-4-2-1-3-5-8;/h1-6H,(H,12,13);. The Kier molecular flexibility index (Phi) is 6.71. The number of benzene rings is 1. The third kappa shape index (κ3) is 4.18. The van der Waals surface area contributed by atoms with Gasteiger partial charge in [-0.15, -0.1) is 0 Å². The first-order valence-electron chi connectivity index (χ1n) is 3.64. The maximum atomic E-state index is 10.4. The predicted octanol–water partition coefficient (Wildman–Crippen LogP) is 1.30. The van der Waals surface area contributed by atoms with E-state index in [0.29, 0.717) is 5.56 Å². The van der Waals surface area contributed by atoms with Crippen molar-refractivity contribution in [3.8, 4) is 6.07 Å². The molecule has 65 valence electrons. The van der Waals surface area contributed by atoms with E-state index < -0.39 is 5.97 Å². The Hall–Kier alpha value is -0.444. The van der Waals surface area contributed by atoms with E-state index in [0.717, 1.165) is 0 Å². The van der Waals surface area contributed by atoms with Gasteiger partial charge in [-0.3, -0.25) is 0 Å². The molecule has 0 saturated heterocycles. The number of nitrogens with zero attached hydrogens (tertiary/aromatic N) is 1. The minimum Gasteiger partial charge on any atom is -0.477 e. The van der Waals surface area contributed by atoms with Crippen molar-refractivity contribution in [2.24, 2.45) is 0 Å². The molecular weight excluding hydrogens is 205 g/mol. The molecule has 0 atom stereocenters. The minimum absolute atomic E-state index is 0. The zero-order valence-corrected chi connectivity index (χ0v) is 10.9. The van der Waals surface area contributed by atoms with E-state index in [4.69, 9.17) is 10.4 Å². The smallest absolute Gasteiger partial charge is 0.346 e. The molecular formula is C10H7KNO2. The Balaban J connectivity index is 0.00000169. The second-order valence-corrected chi connectivity index (χ2v) is 2.39. The fraction of sp³-hybridized carbons (Fsp3) is 0. The molecule has 4 heteroatoms. The number of carbonyl (C=O) groups is 1. The molecule has 0 aliphatic rings. The summed E-state index contributed by atoms with van der Waals surface area (Å²) in [5.41, 5.74) is 0.452. The first-order chi connectivity index (χ1) is 6.24. The first kappa shape index (κ1) is 13.6. The summed E-state index contributed by atoms with van der Waals surface area (Å²) in [6.07, 6.45) is 1.34. The monoisotopic (exact) mass is 212 g/mol. The van der Waals surface area contributed by atoms with E-state index >= 15 is 0 Å². The second kappa shape index (κ2) is 6.93. The predicted molar refractivity (Wildman–Crippen MR) is 53.4 cm³/mol. The van der Waals surface area contributed by atoms with Gasteiger partial charge in [-0.25, -0.2) is 4.79 Å². The molecule has 1 radical (unpaired) electrons. The molecule has 0 aliphatic heterocycles. The molecule has 0 bridgehead atoms. The summed E-state index contributed by atoms with van der Waals surface area (Å²) in [7, 11) is 0. The SMILES string of the molecule is N#CC(=Cc1ccccc1)C(=O)O.[K]. The van der Waals surface area contributed by atoms with Gasteiger partial charge in [0, 0.05) is 51.4 Å². The van der Waals surface area contributed by atoms with Crippen LogP contribution >= 0.6 is 0 Å². The molecule has 0 spiro atoms.